The first kappa shape index (κ1) is 5.27. The van der Waals surface area contributed by atoms with E-state index in [1.165, 1.54) is 0 Å². The van der Waals surface area contributed by atoms with Gasteiger partial charge in [0, 0.05) is 0 Å². The number of hydrogen-bond acceptors (Lipinski definition) is 1. The summed E-state index contributed by atoms with van der Waals surface area (Å²) in [6, 6.07) is 0. The monoisotopic (exact) mass is 126 g/mol. The molecule has 0 saturated heterocycles. The summed E-state index contributed by atoms with van der Waals surface area (Å²) in [6.45, 7) is 2.14. The highest BCUT2D eigenvalue weighted by Crippen LogP contribution is 2.70. The zero-order valence-corrected chi connectivity index (χ0v) is 5.42. The van der Waals surface area contributed by atoms with Gasteiger partial charge in [0.25, 0.3) is 0 Å². The second-order valence-electron chi connectivity index (χ2n) is 3.45. The molecular formula is C7H10O2. The molecule has 2 aliphatic rings. The number of hydrogen-bond donors (Lipinski definition) is 1. The van der Waals surface area contributed by atoms with E-state index in [9.17, 15) is 4.79 Å². The van der Waals surface area contributed by atoms with Crippen LogP contribution in [0.2, 0.25) is 0 Å². The maximum absolute atomic E-state index is 10.5. The summed E-state index contributed by atoms with van der Waals surface area (Å²) >= 11 is 0. The lowest BCUT2D eigenvalue weighted by atomic mass is 9.76. The van der Waals surface area contributed by atoms with E-state index in [1.54, 1.807) is 0 Å². The molecule has 50 valence electrons. The first-order valence-corrected chi connectivity index (χ1v) is 3.40. The van der Waals surface area contributed by atoms with E-state index in [1.807, 2.05) is 0 Å². The van der Waals surface area contributed by atoms with E-state index in [0.717, 1.165) is 12.8 Å². The summed E-state index contributed by atoms with van der Waals surface area (Å²) in [5.74, 6) is 0.654. The smallest absolute Gasteiger partial charge is 0.309 e. The minimum Gasteiger partial charge on any atom is -0.481 e. The summed E-state index contributed by atoms with van der Waals surface area (Å²) in [5, 5.41) is 8.65. The summed E-state index contributed by atoms with van der Waals surface area (Å²) in [6.07, 6.45) is 1.87. The van der Waals surface area contributed by atoms with Crippen molar-refractivity contribution < 1.29 is 9.90 Å². The molecule has 2 rings (SSSR count). The van der Waals surface area contributed by atoms with Crippen LogP contribution in [0.3, 0.4) is 0 Å². The van der Waals surface area contributed by atoms with E-state index < -0.39 is 5.97 Å². The third-order valence-electron chi connectivity index (χ3n) is 2.93. The molecule has 2 aliphatic carbocycles. The van der Waals surface area contributed by atoms with Gasteiger partial charge in [-0.15, -0.1) is 0 Å². The normalized spacial score (nSPS) is 53.4. The second kappa shape index (κ2) is 1.15. The number of carboxylic acid groups (broad SMARTS) is 1. The Morgan fingerprint density at radius 2 is 2.33 bits per heavy atom. The number of carboxylic acids is 1. The van der Waals surface area contributed by atoms with Crippen molar-refractivity contribution in [3.8, 4) is 0 Å². The Balaban J connectivity index is 2.12. The van der Waals surface area contributed by atoms with Crippen LogP contribution >= 0.6 is 0 Å². The van der Waals surface area contributed by atoms with Gasteiger partial charge in [0.05, 0.1) is 5.41 Å². The van der Waals surface area contributed by atoms with Gasteiger partial charge < -0.3 is 5.11 Å². The van der Waals surface area contributed by atoms with E-state index in [2.05, 4.69) is 6.92 Å². The first-order valence-electron chi connectivity index (χ1n) is 3.40. The Morgan fingerprint density at radius 1 is 1.67 bits per heavy atom. The maximum Gasteiger partial charge on any atom is 0.309 e. The molecule has 0 spiro atoms. The molecule has 0 bridgehead atoms. The minimum atomic E-state index is -0.564. The van der Waals surface area contributed by atoms with Crippen molar-refractivity contribution in [3.05, 3.63) is 0 Å². The van der Waals surface area contributed by atoms with Crippen LogP contribution in [0.1, 0.15) is 19.8 Å². The molecule has 0 aromatic heterocycles. The van der Waals surface area contributed by atoms with E-state index in [4.69, 9.17) is 5.11 Å². The number of fused-ring (bicyclic) bond motifs is 1. The third-order valence-corrected chi connectivity index (χ3v) is 2.93. The van der Waals surface area contributed by atoms with E-state index >= 15 is 0 Å². The van der Waals surface area contributed by atoms with Gasteiger partial charge in [-0.2, -0.15) is 0 Å². The molecule has 2 nitrogen and oxygen atoms in total. The van der Waals surface area contributed by atoms with Crippen LogP contribution in [0.25, 0.3) is 0 Å². The fourth-order valence-corrected chi connectivity index (χ4v) is 2.20. The highest BCUT2D eigenvalue weighted by Gasteiger charge is 2.70. The Labute approximate surface area is 53.9 Å². The minimum absolute atomic E-state index is 0.223. The van der Waals surface area contributed by atoms with Crippen LogP contribution in [-0.2, 0) is 4.79 Å². The number of aliphatic carboxylic acids is 1. The van der Waals surface area contributed by atoms with Gasteiger partial charge in [-0.05, 0) is 24.7 Å². The fraction of sp³-hybridized carbons (Fsp3) is 0.857. The van der Waals surface area contributed by atoms with Crippen molar-refractivity contribution in [1.29, 1.82) is 0 Å². The van der Waals surface area contributed by atoms with Gasteiger partial charge in [-0.25, -0.2) is 0 Å². The lowest BCUT2D eigenvalue weighted by Crippen LogP contribution is -2.31. The molecule has 2 heteroatoms. The van der Waals surface area contributed by atoms with Gasteiger partial charge >= 0.3 is 5.97 Å². The topological polar surface area (TPSA) is 37.3 Å². The van der Waals surface area contributed by atoms with Gasteiger partial charge in [-0.1, -0.05) is 6.92 Å². The summed E-state index contributed by atoms with van der Waals surface area (Å²) in [5.41, 5.74) is -0.223. The lowest BCUT2D eigenvalue weighted by molar-refractivity contribution is -0.148. The maximum atomic E-state index is 10.5. The summed E-state index contributed by atoms with van der Waals surface area (Å²) < 4.78 is 0. The van der Waals surface area contributed by atoms with Crippen LogP contribution in [0.15, 0.2) is 0 Å². The first-order chi connectivity index (χ1) is 4.17. The number of carbonyl (C=O) groups is 1. The largest absolute Gasteiger partial charge is 0.481 e. The van der Waals surface area contributed by atoms with Crippen molar-refractivity contribution in [2.45, 2.75) is 19.8 Å². The molecule has 0 aliphatic heterocycles. The van der Waals surface area contributed by atoms with Gasteiger partial charge in [-0.3, -0.25) is 4.79 Å². The average molecular weight is 126 g/mol. The Hall–Kier alpha value is -0.530. The Kier molecular flexibility index (Phi) is 0.675. The van der Waals surface area contributed by atoms with Crippen molar-refractivity contribution in [3.63, 3.8) is 0 Å². The van der Waals surface area contributed by atoms with Crippen LogP contribution in [0.4, 0.5) is 0 Å². The van der Waals surface area contributed by atoms with Gasteiger partial charge in [0.2, 0.25) is 0 Å². The van der Waals surface area contributed by atoms with Crippen LogP contribution in [0.5, 0.6) is 0 Å². The van der Waals surface area contributed by atoms with Crippen molar-refractivity contribution in [2.24, 2.45) is 17.3 Å². The SMILES string of the molecule is C[C@@H]1C[C@@]2(C(=O)O)C[C@@H]12. The van der Waals surface area contributed by atoms with E-state index in [0.29, 0.717) is 11.8 Å². The molecule has 2 fully saturated rings. The molecule has 0 radical (unpaired) electrons. The molecule has 0 unspecified atom stereocenters. The zero-order valence-electron chi connectivity index (χ0n) is 5.42. The Morgan fingerprint density at radius 3 is 2.44 bits per heavy atom. The predicted octanol–water partition coefficient (Wildman–Crippen LogP) is 1.12. The van der Waals surface area contributed by atoms with Gasteiger partial charge in [0.1, 0.15) is 0 Å². The summed E-state index contributed by atoms with van der Waals surface area (Å²) in [4.78, 5) is 10.5. The second-order valence-corrected chi connectivity index (χ2v) is 3.45. The van der Waals surface area contributed by atoms with Gasteiger partial charge in [0.15, 0.2) is 0 Å². The molecule has 2 saturated carbocycles. The van der Waals surface area contributed by atoms with Crippen molar-refractivity contribution >= 4 is 5.97 Å². The molecule has 3 atom stereocenters. The molecular weight excluding hydrogens is 116 g/mol. The van der Waals surface area contributed by atoms with E-state index in [-0.39, 0.29) is 5.41 Å². The van der Waals surface area contributed by atoms with Crippen molar-refractivity contribution in [1.82, 2.24) is 0 Å². The third kappa shape index (κ3) is 0.406. The standard InChI is InChI=1S/C7H10O2/c1-4-2-7(6(8)9)3-5(4)7/h4-5H,2-3H2,1H3,(H,8,9)/t4-,5+,7-/m1/s1. The van der Waals surface area contributed by atoms with Crippen LogP contribution in [-0.4, -0.2) is 11.1 Å². The quantitative estimate of drug-likeness (QED) is 0.571. The molecule has 0 amide bonds. The van der Waals surface area contributed by atoms with Crippen LogP contribution < -0.4 is 0 Å². The summed E-state index contributed by atoms with van der Waals surface area (Å²) in [7, 11) is 0. The Bertz CT molecular complexity index is 176. The molecule has 0 heterocycles. The highest BCUT2D eigenvalue weighted by atomic mass is 16.4. The van der Waals surface area contributed by atoms with Crippen molar-refractivity contribution in [2.75, 3.05) is 0 Å². The molecule has 1 N–H and O–H groups in total. The average Bonchev–Trinajstić information content (AvgIpc) is 2.36. The molecule has 0 aromatic carbocycles. The zero-order chi connectivity index (χ0) is 6.65. The van der Waals surface area contributed by atoms with Crippen LogP contribution in [0, 0.1) is 17.3 Å². The molecule has 0 aromatic rings. The lowest BCUT2D eigenvalue weighted by Gasteiger charge is -2.27. The fourth-order valence-electron chi connectivity index (χ4n) is 2.20. The predicted molar refractivity (Wildman–Crippen MR) is 32.0 cm³/mol. The molecule has 9 heavy (non-hydrogen) atoms. The highest BCUT2D eigenvalue weighted by molar-refractivity contribution is 5.80. The number of rotatable bonds is 1.